The zero-order chi connectivity index (χ0) is 23.9. The molecule has 17 heteroatoms. The largest absolute Gasteiger partial charge is 0.451 e. The number of aliphatic hydroxyl groups is 2. The Labute approximate surface area is 192 Å². The Morgan fingerprint density at radius 3 is 1.55 bits per heavy atom. The van der Waals surface area contributed by atoms with Gasteiger partial charge in [0.25, 0.3) is 0 Å². The van der Waals surface area contributed by atoms with Crippen molar-refractivity contribution >= 4 is 32.1 Å². The van der Waals surface area contributed by atoms with Gasteiger partial charge in [-0.15, -0.1) is 0 Å². The van der Waals surface area contributed by atoms with E-state index in [-0.39, 0.29) is 11.4 Å². The molecule has 3 aromatic heterocycles. The van der Waals surface area contributed by atoms with Gasteiger partial charge in [-0.3, -0.25) is 9.97 Å². The van der Waals surface area contributed by atoms with Gasteiger partial charge in [0, 0.05) is 12.4 Å². The minimum Gasteiger partial charge on any atom is -0.384 e. The van der Waals surface area contributed by atoms with E-state index in [9.17, 15) is 27.0 Å². The van der Waals surface area contributed by atoms with Crippen LogP contribution >= 0.6 is 11.3 Å². The molecule has 0 radical (unpaired) electrons. The summed E-state index contributed by atoms with van der Waals surface area (Å²) >= 11 is 0.313. The number of nitrogens with zero attached hydrogens (tertiary/aromatic N) is 4. The maximum absolute atomic E-state index is 11.9. The Morgan fingerprint density at radius 1 is 0.758 bits per heavy atom. The van der Waals surface area contributed by atoms with Gasteiger partial charge in [0.15, 0.2) is 0 Å². The molecule has 3 rings (SSSR count). The predicted molar refractivity (Wildman–Crippen MR) is 109 cm³/mol. The first-order valence-electron chi connectivity index (χ1n) is 8.83. The van der Waals surface area contributed by atoms with Crippen molar-refractivity contribution in [3.8, 4) is 10.4 Å². The predicted octanol–water partition coefficient (Wildman–Crippen LogP) is 0.0757. The first-order valence-corrected chi connectivity index (χ1v) is 12.3. The molecule has 178 valence electrons. The summed E-state index contributed by atoms with van der Waals surface area (Å²) in [5.41, 5.74) is 0.357. The molecule has 0 saturated heterocycles. The molecule has 0 aliphatic carbocycles. The van der Waals surface area contributed by atoms with Gasteiger partial charge in [0.1, 0.15) is 25.4 Å². The number of hydrogen-bond donors (Lipinski definition) is 2. The minimum absolute atomic E-state index is 0.178. The molecule has 33 heavy (non-hydrogen) atoms. The highest BCUT2D eigenvalue weighted by atomic mass is 32.3. The molecule has 14 nitrogen and oxygen atoms in total. The summed E-state index contributed by atoms with van der Waals surface area (Å²) in [6, 6.07) is 9.34. The smallest absolute Gasteiger partial charge is 0.384 e. The van der Waals surface area contributed by atoms with Crippen molar-refractivity contribution in [2.24, 2.45) is 0 Å². The minimum atomic E-state index is -4.68. The lowest BCUT2D eigenvalue weighted by Gasteiger charge is -2.10. The Kier molecular flexibility index (Phi) is 8.19. The van der Waals surface area contributed by atoms with Crippen molar-refractivity contribution in [3.63, 3.8) is 0 Å². The molecule has 0 spiro atoms. The van der Waals surface area contributed by atoms with Gasteiger partial charge in [-0.25, -0.2) is 8.37 Å². The van der Waals surface area contributed by atoms with Crippen LogP contribution in [-0.4, -0.2) is 60.4 Å². The second kappa shape index (κ2) is 10.9. The number of aliphatic hydroxyl groups excluding tert-OH is 2. The van der Waals surface area contributed by atoms with Crippen molar-refractivity contribution in [1.82, 2.24) is 20.2 Å². The van der Waals surface area contributed by atoms with Crippen LogP contribution in [0.1, 0.15) is 23.6 Å². The Hall–Kier alpha value is -2.80. The van der Waals surface area contributed by atoms with Crippen LogP contribution in [0, 0.1) is 0 Å². The van der Waals surface area contributed by atoms with E-state index in [0.717, 1.165) is 0 Å². The van der Waals surface area contributed by atoms with Crippen molar-refractivity contribution < 1.29 is 43.8 Å². The first-order chi connectivity index (χ1) is 15.6. The third-order valence-electron chi connectivity index (χ3n) is 3.53. The van der Waals surface area contributed by atoms with E-state index in [1.807, 2.05) is 0 Å². The quantitative estimate of drug-likeness (QED) is 0.325. The average molecular weight is 521 g/mol. The molecule has 0 aliphatic rings. The zero-order valence-electron chi connectivity index (χ0n) is 16.4. The van der Waals surface area contributed by atoms with E-state index in [1.54, 1.807) is 24.3 Å². The van der Waals surface area contributed by atoms with E-state index < -0.39 is 56.6 Å². The summed E-state index contributed by atoms with van der Waals surface area (Å²) in [6.45, 7) is -1.38. The summed E-state index contributed by atoms with van der Waals surface area (Å²) in [7, 11) is -9.35. The highest BCUT2D eigenvalue weighted by Crippen LogP contribution is 2.27. The molecule has 2 N–H and O–H groups in total. The van der Waals surface area contributed by atoms with Crippen LogP contribution in [0.3, 0.4) is 0 Å². The van der Waals surface area contributed by atoms with E-state index in [2.05, 4.69) is 36.9 Å². The van der Waals surface area contributed by atoms with Gasteiger partial charge in [0.2, 0.25) is 0 Å². The van der Waals surface area contributed by atoms with Crippen molar-refractivity contribution in [3.05, 3.63) is 60.2 Å². The van der Waals surface area contributed by atoms with Crippen LogP contribution in [0.5, 0.6) is 10.4 Å². The van der Waals surface area contributed by atoms with Gasteiger partial charge in [-0.1, -0.05) is 22.3 Å². The number of pyridine rings is 2. The van der Waals surface area contributed by atoms with Gasteiger partial charge in [0.05, 0.1) is 11.4 Å². The van der Waals surface area contributed by atoms with Gasteiger partial charge < -0.3 is 18.6 Å². The fourth-order valence-corrected chi connectivity index (χ4v) is 4.29. The Balaban J connectivity index is 1.51. The summed E-state index contributed by atoms with van der Waals surface area (Å²) in [4.78, 5) is 7.71. The molecule has 0 saturated carbocycles. The Bertz CT molecular complexity index is 1140. The third-order valence-corrected chi connectivity index (χ3v) is 6.00. The van der Waals surface area contributed by atoms with Gasteiger partial charge in [-0.05, 0) is 35.6 Å². The molecule has 0 fully saturated rings. The molecule has 2 atom stereocenters. The molecule has 3 aromatic rings. The number of hydrogen-bond acceptors (Lipinski definition) is 15. The standard InChI is InChI=1S/C16H16N4O10S3/c21-13(11-5-1-3-7-17-11)9-27-32(23,24)29-15-19-20-16(31-15)30-33(25,26)28-10-14(22)12-6-2-4-8-18-12/h1-8,13-14,21-22H,9-10H2. The second-order valence-corrected chi connectivity index (χ2v) is 9.27. The summed E-state index contributed by atoms with van der Waals surface area (Å²) in [5, 5.41) is 25.2. The van der Waals surface area contributed by atoms with E-state index in [4.69, 9.17) is 0 Å². The highest BCUT2D eigenvalue weighted by molar-refractivity contribution is 7.82. The van der Waals surface area contributed by atoms with Crippen LogP contribution < -0.4 is 8.37 Å². The molecule has 0 aromatic carbocycles. The Morgan fingerprint density at radius 2 is 1.18 bits per heavy atom. The SMILES string of the molecule is O=S(=O)(OCC(O)c1ccccn1)Oc1nnc(OS(=O)(=O)OCC(O)c2ccccn2)s1. The van der Waals surface area contributed by atoms with E-state index in [0.29, 0.717) is 11.3 Å². The fraction of sp³-hybridized carbons (Fsp3) is 0.250. The first kappa shape index (κ1) is 24.8. The zero-order valence-corrected chi connectivity index (χ0v) is 18.8. The molecule has 3 heterocycles. The maximum Gasteiger partial charge on any atom is 0.451 e. The molecule has 0 amide bonds. The van der Waals surface area contributed by atoms with Gasteiger partial charge >= 0.3 is 31.2 Å². The molecular weight excluding hydrogens is 504 g/mol. The maximum atomic E-state index is 11.9. The van der Waals surface area contributed by atoms with Crippen LogP contribution in [0.25, 0.3) is 0 Å². The van der Waals surface area contributed by atoms with Crippen LogP contribution in [-0.2, 0) is 29.2 Å². The molecule has 0 aliphatic heterocycles. The normalized spacial score (nSPS) is 13.9. The molecule has 0 bridgehead atoms. The lowest BCUT2D eigenvalue weighted by Crippen LogP contribution is -2.18. The lowest BCUT2D eigenvalue weighted by molar-refractivity contribution is 0.101. The van der Waals surface area contributed by atoms with E-state index in [1.165, 1.54) is 24.5 Å². The lowest BCUT2D eigenvalue weighted by atomic mass is 10.2. The third kappa shape index (κ3) is 7.93. The second-order valence-electron chi connectivity index (χ2n) is 5.93. The highest BCUT2D eigenvalue weighted by Gasteiger charge is 2.24. The topological polar surface area (TPSA) is 197 Å². The van der Waals surface area contributed by atoms with Gasteiger partial charge in [-0.2, -0.15) is 16.8 Å². The number of rotatable bonds is 12. The molecular formula is C16H16N4O10S3. The van der Waals surface area contributed by atoms with E-state index >= 15 is 0 Å². The van der Waals surface area contributed by atoms with Crippen molar-refractivity contribution in [1.29, 1.82) is 0 Å². The van der Waals surface area contributed by atoms with Crippen LogP contribution in [0.2, 0.25) is 0 Å². The number of aromatic nitrogens is 4. The monoisotopic (exact) mass is 520 g/mol. The van der Waals surface area contributed by atoms with Crippen molar-refractivity contribution in [2.75, 3.05) is 13.2 Å². The molecule has 2 unspecified atom stereocenters. The van der Waals surface area contributed by atoms with Crippen LogP contribution in [0.4, 0.5) is 0 Å². The summed E-state index contributed by atoms with van der Waals surface area (Å²) in [5.74, 6) is 0. The summed E-state index contributed by atoms with van der Waals surface area (Å²) in [6.07, 6.45) is 0.121. The summed E-state index contributed by atoms with van der Waals surface area (Å²) < 4.78 is 65.7. The fourth-order valence-electron chi connectivity index (χ4n) is 2.10. The average Bonchev–Trinajstić information content (AvgIpc) is 3.22. The van der Waals surface area contributed by atoms with Crippen LogP contribution in [0.15, 0.2) is 48.8 Å². The van der Waals surface area contributed by atoms with Crippen molar-refractivity contribution in [2.45, 2.75) is 12.2 Å².